The summed E-state index contributed by atoms with van der Waals surface area (Å²) in [6.07, 6.45) is 1.94. The predicted octanol–water partition coefficient (Wildman–Crippen LogP) is -0.230. The highest BCUT2D eigenvalue weighted by Crippen LogP contribution is 1.96. The van der Waals surface area contributed by atoms with Crippen molar-refractivity contribution in [3.05, 3.63) is 0 Å². The van der Waals surface area contributed by atoms with Crippen LogP contribution in [0.3, 0.4) is 0 Å². The van der Waals surface area contributed by atoms with Crippen molar-refractivity contribution >= 4 is 17.5 Å². The molecule has 0 bridgehead atoms. The molecule has 0 radical (unpaired) electrons. The lowest BCUT2D eigenvalue weighted by Crippen LogP contribution is -2.42. The van der Waals surface area contributed by atoms with Gasteiger partial charge in [0.05, 0.1) is 6.04 Å². The number of nitrogens with two attached hydrogens (primary N) is 1. The van der Waals surface area contributed by atoms with Gasteiger partial charge in [0, 0.05) is 5.75 Å². The molecule has 0 rings (SSSR count). The lowest BCUT2D eigenvalue weighted by molar-refractivity contribution is -0.118. The van der Waals surface area contributed by atoms with Crippen LogP contribution in [0.1, 0.15) is 6.92 Å². The van der Waals surface area contributed by atoms with E-state index in [-0.39, 0.29) is 11.8 Å². The largest absolute Gasteiger partial charge is 0.298 e. The van der Waals surface area contributed by atoms with Crippen molar-refractivity contribution in [3.63, 3.8) is 0 Å². The molecule has 0 aliphatic heterocycles. The number of hydrazine groups is 1. The van der Waals surface area contributed by atoms with Crippen LogP contribution < -0.4 is 11.3 Å². The van der Waals surface area contributed by atoms with Crippen LogP contribution >= 0.6 is 11.8 Å². The molecule has 0 aliphatic rings. The number of rotatable bonds is 4. The van der Waals surface area contributed by atoms with Crippen molar-refractivity contribution in [1.29, 1.82) is 0 Å². The van der Waals surface area contributed by atoms with E-state index in [2.05, 4.69) is 5.43 Å². The highest BCUT2D eigenvalue weighted by molar-refractivity contribution is 7.98. The summed E-state index contributed by atoms with van der Waals surface area (Å²) < 4.78 is 0. The van der Waals surface area contributed by atoms with Gasteiger partial charge in [-0.3, -0.25) is 10.6 Å². The van der Waals surface area contributed by atoms with E-state index in [0.717, 1.165) is 5.75 Å². The van der Waals surface area contributed by atoms with Gasteiger partial charge in [0.15, 0.2) is 0 Å². The maximum atomic E-state index is 10.6. The molecule has 0 aromatic rings. The first-order valence-corrected chi connectivity index (χ1v) is 4.07. The number of thioether (sulfide) groups is 1. The molecular weight excluding hydrogens is 136 g/mol. The minimum absolute atomic E-state index is 0.0897. The third kappa shape index (κ3) is 3.51. The maximum absolute atomic E-state index is 10.6. The van der Waals surface area contributed by atoms with Gasteiger partial charge in [-0.1, -0.05) is 0 Å². The van der Waals surface area contributed by atoms with Crippen LogP contribution in [0.15, 0.2) is 0 Å². The van der Waals surface area contributed by atoms with Crippen molar-refractivity contribution in [1.82, 2.24) is 5.43 Å². The summed E-state index contributed by atoms with van der Waals surface area (Å²) in [5.74, 6) is 5.91. The number of ketones is 1. The molecule has 1 atom stereocenters. The molecule has 0 saturated carbocycles. The van der Waals surface area contributed by atoms with E-state index >= 15 is 0 Å². The zero-order valence-electron chi connectivity index (χ0n) is 5.68. The molecule has 0 heterocycles. The minimum Gasteiger partial charge on any atom is -0.298 e. The smallest absolute Gasteiger partial charge is 0.148 e. The normalized spacial score (nSPS) is 13.2. The number of carbonyl (C=O) groups is 1. The fourth-order valence-corrected chi connectivity index (χ4v) is 1.11. The zero-order chi connectivity index (χ0) is 7.28. The molecule has 3 nitrogen and oxygen atoms in total. The van der Waals surface area contributed by atoms with E-state index in [4.69, 9.17) is 5.84 Å². The van der Waals surface area contributed by atoms with Gasteiger partial charge in [-0.25, -0.2) is 5.43 Å². The van der Waals surface area contributed by atoms with Crippen LogP contribution in [-0.4, -0.2) is 23.8 Å². The van der Waals surface area contributed by atoms with E-state index in [1.165, 1.54) is 6.92 Å². The van der Waals surface area contributed by atoms with Gasteiger partial charge >= 0.3 is 0 Å². The molecule has 3 N–H and O–H groups in total. The fraction of sp³-hybridized carbons (Fsp3) is 0.800. The summed E-state index contributed by atoms with van der Waals surface area (Å²) >= 11 is 1.60. The highest BCUT2D eigenvalue weighted by atomic mass is 32.2. The number of hydrogen-bond acceptors (Lipinski definition) is 4. The third-order valence-electron chi connectivity index (χ3n) is 1.03. The quantitative estimate of drug-likeness (QED) is 0.427. The summed E-state index contributed by atoms with van der Waals surface area (Å²) in [5.41, 5.74) is 2.43. The third-order valence-corrected chi connectivity index (χ3v) is 1.69. The van der Waals surface area contributed by atoms with Gasteiger partial charge in [0.2, 0.25) is 0 Å². The monoisotopic (exact) mass is 148 g/mol. The number of carbonyl (C=O) groups excluding carboxylic acids is 1. The Bertz CT molecular complexity index is 97.0. The van der Waals surface area contributed by atoms with Crippen molar-refractivity contribution < 1.29 is 4.79 Å². The van der Waals surface area contributed by atoms with Crippen LogP contribution in [0.25, 0.3) is 0 Å². The van der Waals surface area contributed by atoms with Gasteiger partial charge in [0.1, 0.15) is 5.78 Å². The SMILES string of the molecule is CSCC(NN)C(C)=O. The van der Waals surface area contributed by atoms with Crippen molar-refractivity contribution in [2.75, 3.05) is 12.0 Å². The first kappa shape index (κ1) is 8.94. The van der Waals surface area contributed by atoms with E-state index in [1.807, 2.05) is 6.26 Å². The van der Waals surface area contributed by atoms with E-state index in [9.17, 15) is 4.79 Å². The van der Waals surface area contributed by atoms with Gasteiger partial charge in [-0.2, -0.15) is 11.8 Å². The highest BCUT2D eigenvalue weighted by Gasteiger charge is 2.09. The van der Waals surface area contributed by atoms with Crippen molar-refractivity contribution in [2.45, 2.75) is 13.0 Å². The predicted molar refractivity (Wildman–Crippen MR) is 40.2 cm³/mol. The molecule has 0 fully saturated rings. The standard InChI is InChI=1S/C5H12N2OS/c1-4(8)5(7-6)3-9-2/h5,7H,3,6H2,1-2H3. The molecule has 1 unspecified atom stereocenters. The lowest BCUT2D eigenvalue weighted by atomic mass is 10.2. The Morgan fingerprint density at radius 2 is 2.44 bits per heavy atom. The van der Waals surface area contributed by atoms with Crippen LogP contribution in [0.4, 0.5) is 0 Å². The Morgan fingerprint density at radius 1 is 1.89 bits per heavy atom. The summed E-state index contributed by atoms with van der Waals surface area (Å²) in [6, 6.07) is -0.181. The van der Waals surface area contributed by atoms with E-state index in [0.29, 0.717) is 0 Å². The summed E-state index contributed by atoms with van der Waals surface area (Å²) in [4.78, 5) is 10.6. The van der Waals surface area contributed by atoms with Crippen LogP contribution in [0.5, 0.6) is 0 Å². The van der Waals surface area contributed by atoms with Gasteiger partial charge < -0.3 is 0 Å². The number of nitrogens with one attached hydrogen (secondary N) is 1. The molecular formula is C5H12N2OS. The average Bonchev–Trinajstić information content (AvgIpc) is 1.82. The molecule has 0 aromatic heterocycles. The fourth-order valence-electron chi connectivity index (χ4n) is 0.449. The van der Waals surface area contributed by atoms with Crippen molar-refractivity contribution in [3.8, 4) is 0 Å². The summed E-state index contributed by atoms with van der Waals surface area (Å²) in [6.45, 7) is 1.53. The Hall–Kier alpha value is -0.0600. The molecule has 4 heteroatoms. The summed E-state index contributed by atoms with van der Waals surface area (Å²) in [7, 11) is 0. The molecule has 9 heavy (non-hydrogen) atoms. The van der Waals surface area contributed by atoms with Crippen LogP contribution in [0, 0.1) is 0 Å². The second kappa shape index (κ2) is 4.78. The zero-order valence-corrected chi connectivity index (χ0v) is 6.49. The average molecular weight is 148 g/mol. The number of hydrogen-bond donors (Lipinski definition) is 2. The molecule has 54 valence electrons. The van der Waals surface area contributed by atoms with E-state index in [1.54, 1.807) is 11.8 Å². The molecule has 0 spiro atoms. The Balaban J connectivity index is 3.54. The Morgan fingerprint density at radius 3 is 2.56 bits per heavy atom. The first-order valence-electron chi connectivity index (χ1n) is 2.68. The molecule has 0 amide bonds. The maximum Gasteiger partial charge on any atom is 0.148 e. The van der Waals surface area contributed by atoms with Gasteiger partial charge in [-0.15, -0.1) is 0 Å². The minimum atomic E-state index is -0.181. The van der Waals surface area contributed by atoms with Gasteiger partial charge in [0.25, 0.3) is 0 Å². The topological polar surface area (TPSA) is 55.1 Å². The van der Waals surface area contributed by atoms with Crippen LogP contribution in [0.2, 0.25) is 0 Å². The molecule has 0 aromatic carbocycles. The molecule has 0 aliphatic carbocycles. The van der Waals surface area contributed by atoms with Crippen molar-refractivity contribution in [2.24, 2.45) is 5.84 Å². The second-order valence-corrected chi connectivity index (χ2v) is 2.70. The number of Topliss-reactive ketones (excluding diaryl/α,β-unsaturated/α-hetero) is 1. The lowest BCUT2D eigenvalue weighted by Gasteiger charge is -2.08. The van der Waals surface area contributed by atoms with E-state index < -0.39 is 0 Å². The Labute approximate surface area is 59.3 Å². The second-order valence-electron chi connectivity index (χ2n) is 1.79. The molecule has 0 saturated heterocycles. The Kier molecular flexibility index (Phi) is 4.75. The summed E-state index contributed by atoms with van der Waals surface area (Å²) in [5, 5.41) is 0. The van der Waals surface area contributed by atoms with Gasteiger partial charge in [-0.05, 0) is 13.2 Å². The first-order chi connectivity index (χ1) is 4.22. The van der Waals surface area contributed by atoms with Crippen LogP contribution in [-0.2, 0) is 4.79 Å².